The lowest BCUT2D eigenvalue weighted by Crippen LogP contribution is -2.27. The van der Waals surface area contributed by atoms with Crippen molar-refractivity contribution in [3.05, 3.63) is 59.5 Å². The average Bonchev–Trinajstić information content (AvgIpc) is 3.47. The Morgan fingerprint density at radius 3 is 2.62 bits per heavy atom. The van der Waals surface area contributed by atoms with Crippen molar-refractivity contribution in [1.29, 1.82) is 0 Å². The maximum Gasteiger partial charge on any atom is 0.244 e. The molecule has 0 N–H and O–H groups in total. The Bertz CT molecular complexity index is 1210. The number of carbonyl (C=O) groups excluding carboxylic acids is 1. The number of amides is 1. The van der Waals surface area contributed by atoms with Crippen molar-refractivity contribution in [1.82, 2.24) is 14.3 Å². The normalized spacial score (nSPS) is 14.6. The van der Waals surface area contributed by atoms with Crippen molar-refractivity contribution >= 4 is 49.8 Å². The highest BCUT2D eigenvalue weighted by Gasteiger charge is 2.27. The van der Waals surface area contributed by atoms with Crippen molar-refractivity contribution in [2.75, 3.05) is 18.0 Å². The SMILES string of the molecule is CC(=O)N(c1nc(CSc2ccc(S(=O)(=O)N3CCCC3)cn2)cs1)c1ccccc1F. The van der Waals surface area contributed by atoms with E-state index in [-0.39, 0.29) is 16.5 Å². The van der Waals surface area contributed by atoms with E-state index in [2.05, 4.69) is 9.97 Å². The zero-order valence-corrected chi connectivity index (χ0v) is 19.7. The van der Waals surface area contributed by atoms with Gasteiger partial charge in [-0.3, -0.25) is 9.69 Å². The smallest absolute Gasteiger partial charge is 0.244 e. The first-order chi connectivity index (χ1) is 15.4. The van der Waals surface area contributed by atoms with Crippen molar-refractivity contribution in [2.24, 2.45) is 0 Å². The van der Waals surface area contributed by atoms with Crippen molar-refractivity contribution < 1.29 is 17.6 Å². The monoisotopic (exact) mass is 492 g/mol. The van der Waals surface area contributed by atoms with E-state index in [9.17, 15) is 17.6 Å². The molecule has 1 saturated heterocycles. The average molecular weight is 493 g/mol. The van der Waals surface area contributed by atoms with E-state index in [1.54, 1.807) is 24.3 Å². The minimum atomic E-state index is -3.48. The molecule has 1 aliphatic heterocycles. The van der Waals surface area contributed by atoms with Gasteiger partial charge in [0.25, 0.3) is 0 Å². The summed E-state index contributed by atoms with van der Waals surface area (Å²) in [5.41, 5.74) is 0.873. The molecule has 1 fully saturated rings. The van der Waals surface area contributed by atoms with Gasteiger partial charge in [0.1, 0.15) is 10.7 Å². The fourth-order valence-electron chi connectivity index (χ4n) is 3.34. The molecule has 0 saturated carbocycles. The van der Waals surface area contributed by atoms with E-state index in [1.165, 1.54) is 57.6 Å². The van der Waals surface area contributed by atoms with Crippen LogP contribution in [0.3, 0.4) is 0 Å². The summed E-state index contributed by atoms with van der Waals surface area (Å²) in [6, 6.07) is 9.32. The van der Waals surface area contributed by atoms with Crippen LogP contribution in [0.1, 0.15) is 25.5 Å². The molecule has 3 heterocycles. The number of hydrogen-bond donors (Lipinski definition) is 0. The van der Waals surface area contributed by atoms with Crippen LogP contribution in [0.25, 0.3) is 0 Å². The van der Waals surface area contributed by atoms with Crippen molar-refractivity contribution in [3.63, 3.8) is 0 Å². The van der Waals surface area contributed by atoms with Gasteiger partial charge in [-0.05, 0) is 37.1 Å². The van der Waals surface area contributed by atoms with Gasteiger partial charge in [0.05, 0.1) is 16.4 Å². The highest BCUT2D eigenvalue weighted by atomic mass is 32.2. The van der Waals surface area contributed by atoms with Crippen molar-refractivity contribution in [3.8, 4) is 0 Å². The second-order valence-electron chi connectivity index (χ2n) is 7.16. The van der Waals surface area contributed by atoms with Gasteiger partial charge in [0.15, 0.2) is 5.13 Å². The number of aromatic nitrogens is 2. The van der Waals surface area contributed by atoms with Gasteiger partial charge < -0.3 is 0 Å². The van der Waals surface area contributed by atoms with Gasteiger partial charge in [0, 0.05) is 37.3 Å². The number of anilines is 2. The van der Waals surface area contributed by atoms with Crippen LogP contribution in [0.15, 0.2) is 57.9 Å². The van der Waals surface area contributed by atoms with Gasteiger partial charge >= 0.3 is 0 Å². The minimum Gasteiger partial charge on any atom is -0.274 e. The highest BCUT2D eigenvalue weighted by molar-refractivity contribution is 7.98. The third-order valence-corrected chi connectivity index (χ3v) is 8.65. The summed E-state index contributed by atoms with van der Waals surface area (Å²) in [5, 5.41) is 2.86. The molecule has 32 heavy (non-hydrogen) atoms. The summed E-state index contributed by atoms with van der Waals surface area (Å²) in [7, 11) is -3.48. The summed E-state index contributed by atoms with van der Waals surface area (Å²) in [6.45, 7) is 2.47. The molecule has 1 aliphatic rings. The number of para-hydroxylation sites is 1. The van der Waals surface area contributed by atoms with Gasteiger partial charge in [-0.25, -0.2) is 22.8 Å². The lowest BCUT2D eigenvalue weighted by Gasteiger charge is -2.18. The Morgan fingerprint density at radius 1 is 1.22 bits per heavy atom. The number of carbonyl (C=O) groups is 1. The Kier molecular flexibility index (Phi) is 6.89. The fraction of sp³-hybridized carbons (Fsp3) is 0.286. The van der Waals surface area contributed by atoms with E-state index >= 15 is 0 Å². The van der Waals surface area contributed by atoms with Crippen LogP contribution in [0, 0.1) is 5.82 Å². The summed E-state index contributed by atoms with van der Waals surface area (Å²) in [6.07, 6.45) is 3.15. The molecular formula is C21H21FN4O3S3. The minimum absolute atomic E-state index is 0.157. The molecule has 4 rings (SSSR count). The fourth-order valence-corrected chi connectivity index (χ4v) is 6.52. The number of thiazole rings is 1. The number of benzene rings is 1. The number of sulfonamides is 1. The molecule has 0 radical (unpaired) electrons. The molecule has 7 nitrogen and oxygen atoms in total. The maximum atomic E-state index is 14.2. The number of rotatable bonds is 7. The first-order valence-electron chi connectivity index (χ1n) is 9.95. The first-order valence-corrected chi connectivity index (χ1v) is 13.3. The summed E-state index contributed by atoms with van der Waals surface area (Å²) < 4.78 is 40.9. The van der Waals surface area contributed by atoms with Gasteiger partial charge in [-0.15, -0.1) is 23.1 Å². The molecule has 2 aromatic heterocycles. The van der Waals surface area contributed by atoms with E-state index in [0.717, 1.165) is 12.8 Å². The molecule has 1 amide bonds. The Hall–Kier alpha value is -2.34. The third-order valence-electron chi connectivity index (χ3n) is 4.92. The van der Waals surface area contributed by atoms with Crippen LogP contribution < -0.4 is 4.90 Å². The molecule has 3 aromatic rings. The predicted molar refractivity (Wildman–Crippen MR) is 123 cm³/mol. The topological polar surface area (TPSA) is 83.5 Å². The number of pyridine rings is 1. The quantitative estimate of drug-likeness (QED) is 0.454. The summed E-state index contributed by atoms with van der Waals surface area (Å²) >= 11 is 2.66. The van der Waals surface area contributed by atoms with E-state index < -0.39 is 15.8 Å². The van der Waals surface area contributed by atoms with Crippen LogP contribution in [-0.4, -0.2) is 41.7 Å². The summed E-state index contributed by atoms with van der Waals surface area (Å²) in [5.74, 6) is -0.354. The maximum absolute atomic E-state index is 14.2. The van der Waals surface area contributed by atoms with Crippen molar-refractivity contribution in [2.45, 2.75) is 35.4 Å². The van der Waals surface area contributed by atoms with Gasteiger partial charge in [-0.2, -0.15) is 4.31 Å². The number of hydrogen-bond acceptors (Lipinski definition) is 7. The molecule has 0 bridgehead atoms. The standard InChI is InChI=1S/C21H21FN4O3S3/c1-15(27)26(19-7-3-2-6-18(19)22)21-24-16(14-31-21)13-30-20-9-8-17(12-23-20)32(28,29)25-10-4-5-11-25/h2-3,6-9,12,14H,4-5,10-11,13H2,1H3. The van der Waals surface area contributed by atoms with E-state index in [1.807, 2.05) is 5.38 Å². The molecule has 0 atom stereocenters. The largest absolute Gasteiger partial charge is 0.274 e. The molecular weight excluding hydrogens is 471 g/mol. The van der Waals surface area contributed by atoms with E-state index in [4.69, 9.17) is 0 Å². The third kappa shape index (κ3) is 4.85. The van der Waals surface area contributed by atoms with Crippen LogP contribution >= 0.6 is 23.1 Å². The first kappa shape index (κ1) is 22.8. The highest BCUT2D eigenvalue weighted by Crippen LogP contribution is 2.32. The van der Waals surface area contributed by atoms with Crippen LogP contribution in [0.4, 0.5) is 15.2 Å². The molecule has 1 aromatic carbocycles. The lowest BCUT2D eigenvalue weighted by atomic mass is 10.3. The number of halogens is 1. The number of nitrogens with zero attached hydrogens (tertiary/aromatic N) is 4. The zero-order chi connectivity index (χ0) is 22.7. The van der Waals surface area contributed by atoms with Crippen LogP contribution in [0.2, 0.25) is 0 Å². The molecule has 11 heteroatoms. The Morgan fingerprint density at radius 2 is 1.97 bits per heavy atom. The summed E-state index contributed by atoms with van der Waals surface area (Å²) in [4.78, 5) is 22.4. The van der Waals surface area contributed by atoms with Crippen LogP contribution in [-0.2, 0) is 20.6 Å². The molecule has 0 aliphatic carbocycles. The molecule has 168 valence electrons. The second kappa shape index (κ2) is 9.65. The molecule has 0 spiro atoms. The number of thioether (sulfide) groups is 1. The molecule has 0 unspecified atom stereocenters. The Labute approximate surface area is 194 Å². The predicted octanol–water partition coefficient (Wildman–Crippen LogP) is 4.44. The second-order valence-corrected chi connectivity index (χ2v) is 10.9. The van der Waals surface area contributed by atoms with Crippen LogP contribution in [0.5, 0.6) is 0 Å². The van der Waals surface area contributed by atoms with E-state index in [0.29, 0.717) is 34.7 Å². The zero-order valence-electron chi connectivity index (χ0n) is 17.3. The Balaban J connectivity index is 1.44. The van der Waals surface area contributed by atoms with Gasteiger partial charge in [-0.1, -0.05) is 12.1 Å². The lowest BCUT2D eigenvalue weighted by molar-refractivity contribution is -0.115. The van der Waals surface area contributed by atoms with Gasteiger partial charge in [0.2, 0.25) is 15.9 Å².